The Hall–Kier alpha value is -6.67. The first kappa shape index (κ1) is 32.4. The molecule has 8 aromatic carbocycles. The van der Waals surface area contributed by atoms with Crippen molar-refractivity contribution in [2.75, 3.05) is 0 Å². The van der Waals surface area contributed by atoms with E-state index in [-0.39, 0.29) is 6.71 Å². The Kier molecular flexibility index (Phi) is 6.41. The van der Waals surface area contributed by atoms with Crippen LogP contribution in [0.2, 0.25) is 0 Å². The molecule has 0 saturated heterocycles. The van der Waals surface area contributed by atoms with Gasteiger partial charge in [0.1, 0.15) is 23.0 Å². The molecular formula is C49H26BF3N2O2Se. The van der Waals surface area contributed by atoms with E-state index >= 15 is 0 Å². The zero-order valence-electron chi connectivity index (χ0n) is 30.3. The second-order valence-corrected chi connectivity index (χ2v) is 17.3. The number of hydrogen-bond donors (Lipinski definition) is 0. The first-order chi connectivity index (χ1) is 28.4. The van der Waals surface area contributed by atoms with E-state index in [1.807, 2.05) is 42.5 Å². The number of halogens is 3. The van der Waals surface area contributed by atoms with Crippen molar-refractivity contribution < 1.29 is 22.6 Å². The van der Waals surface area contributed by atoms with Gasteiger partial charge in [0.15, 0.2) is 0 Å². The Balaban J connectivity index is 1.07. The Labute approximate surface area is 334 Å². The van der Waals surface area contributed by atoms with Crippen LogP contribution in [0.15, 0.2) is 158 Å². The van der Waals surface area contributed by atoms with Gasteiger partial charge in [0.2, 0.25) is 0 Å². The third-order valence-electron chi connectivity index (χ3n) is 12.1. The molecule has 0 aliphatic carbocycles. The average molecular weight is 822 g/mol. The van der Waals surface area contributed by atoms with Crippen LogP contribution in [0.25, 0.3) is 74.3 Å². The number of ether oxygens (including phenoxy) is 2. The number of aromatic nitrogens is 2. The summed E-state index contributed by atoms with van der Waals surface area (Å²) in [5, 5.41) is 5.98. The molecule has 0 unspecified atom stereocenters. The van der Waals surface area contributed by atoms with E-state index in [2.05, 4.69) is 112 Å². The van der Waals surface area contributed by atoms with Crippen molar-refractivity contribution in [3.05, 3.63) is 163 Å². The standard InChI is InChI=1S/C49H26BF3N2O2Se/c51-49(52,53)33-13-9-12-29-32-24-27(20-23-44(32)58-48(29)33)54-36-16-5-1-10-30(36)45-38(54)21-22-39-46(45)31-11-2-6-17-37(31)55(39)28-25-42-47-43(26-28)57-41-19-8-4-15-35(41)50(47)34-14-3-7-18-40(34)56-42/h1-26H. The summed E-state index contributed by atoms with van der Waals surface area (Å²) in [6.45, 7) is -0.0155. The van der Waals surface area contributed by atoms with Crippen LogP contribution >= 0.6 is 0 Å². The Morgan fingerprint density at radius 1 is 0.466 bits per heavy atom. The van der Waals surface area contributed by atoms with Crippen molar-refractivity contribution >= 4 is 101 Å². The first-order valence-electron chi connectivity index (χ1n) is 19.1. The van der Waals surface area contributed by atoms with Gasteiger partial charge in [-0.2, -0.15) is 0 Å². The van der Waals surface area contributed by atoms with Crippen molar-refractivity contribution in [3.8, 4) is 34.4 Å². The first-order valence-corrected chi connectivity index (χ1v) is 20.8. The van der Waals surface area contributed by atoms with Gasteiger partial charge in [-0.15, -0.1) is 0 Å². The van der Waals surface area contributed by atoms with E-state index in [1.165, 1.54) is 12.1 Å². The Morgan fingerprint density at radius 2 is 1.02 bits per heavy atom. The van der Waals surface area contributed by atoms with Gasteiger partial charge in [-0.05, 0) is 23.1 Å². The summed E-state index contributed by atoms with van der Waals surface area (Å²) in [5.41, 5.74) is 8.71. The van der Waals surface area contributed by atoms with Gasteiger partial charge in [0.25, 0.3) is 6.71 Å². The predicted octanol–water partition coefficient (Wildman–Crippen LogP) is 11.0. The molecule has 0 spiro atoms. The van der Waals surface area contributed by atoms with Crippen LogP contribution in [0.5, 0.6) is 23.0 Å². The van der Waals surface area contributed by atoms with Crippen LogP contribution in [-0.2, 0) is 6.18 Å². The zero-order valence-corrected chi connectivity index (χ0v) is 32.1. The fraction of sp³-hybridized carbons (Fsp3) is 0.0204. The van der Waals surface area contributed by atoms with Crippen molar-refractivity contribution in [3.63, 3.8) is 0 Å². The van der Waals surface area contributed by atoms with Gasteiger partial charge in [0, 0.05) is 5.46 Å². The molecule has 0 radical (unpaired) electrons. The van der Waals surface area contributed by atoms with Crippen molar-refractivity contribution in [2.24, 2.45) is 0 Å². The number of alkyl halides is 3. The molecule has 9 heteroatoms. The number of hydrogen-bond acceptors (Lipinski definition) is 2. The Bertz CT molecular complexity index is 3530. The minimum absolute atomic E-state index is 0.0155. The molecule has 0 atom stereocenters. The van der Waals surface area contributed by atoms with Crippen molar-refractivity contribution in [2.45, 2.75) is 6.18 Å². The molecule has 0 amide bonds. The van der Waals surface area contributed by atoms with Crippen LogP contribution in [0.3, 0.4) is 0 Å². The topological polar surface area (TPSA) is 28.3 Å². The monoisotopic (exact) mass is 822 g/mol. The number of fused-ring (bicyclic) bond motifs is 14. The maximum absolute atomic E-state index is 14.1. The van der Waals surface area contributed by atoms with Crippen LogP contribution in [0.4, 0.5) is 13.2 Å². The molecular weight excluding hydrogens is 795 g/mol. The van der Waals surface area contributed by atoms with Gasteiger partial charge in [0.05, 0.1) is 0 Å². The molecule has 11 aromatic rings. The summed E-state index contributed by atoms with van der Waals surface area (Å²) >= 11 is -0.441. The number of rotatable bonds is 2. The van der Waals surface area contributed by atoms with Gasteiger partial charge >= 0.3 is 232 Å². The molecule has 274 valence electrons. The van der Waals surface area contributed by atoms with Gasteiger partial charge < -0.3 is 9.47 Å². The summed E-state index contributed by atoms with van der Waals surface area (Å²) in [6, 6.07) is 52.8. The molecule has 4 nitrogen and oxygen atoms in total. The normalized spacial score (nSPS) is 13.3. The van der Waals surface area contributed by atoms with Crippen molar-refractivity contribution in [1.82, 2.24) is 9.13 Å². The molecule has 58 heavy (non-hydrogen) atoms. The molecule has 5 heterocycles. The molecule has 0 bridgehead atoms. The average Bonchev–Trinajstić information content (AvgIpc) is 3.90. The summed E-state index contributed by atoms with van der Waals surface area (Å²) < 4.78 is 61.6. The SMILES string of the molecule is FC(F)(F)c1cccc2c1[se]c1ccc(-n3c4ccccc4c4c5c6ccccc6n(-c6cc7c8c(c6)Oc6ccccc6B8c6ccccc6O7)c5ccc43)cc12. The van der Waals surface area contributed by atoms with Crippen LogP contribution in [-0.4, -0.2) is 30.4 Å². The maximum atomic E-state index is 14.1. The number of nitrogens with zero attached hydrogens (tertiary/aromatic N) is 2. The second-order valence-electron chi connectivity index (χ2n) is 15.1. The van der Waals surface area contributed by atoms with Gasteiger partial charge in [-0.3, -0.25) is 0 Å². The van der Waals surface area contributed by atoms with Gasteiger partial charge in [-0.25, -0.2) is 0 Å². The van der Waals surface area contributed by atoms with Crippen molar-refractivity contribution in [1.29, 1.82) is 0 Å². The summed E-state index contributed by atoms with van der Waals surface area (Å²) in [7, 11) is 0. The van der Waals surface area contributed by atoms with E-state index in [4.69, 9.17) is 9.47 Å². The summed E-state index contributed by atoms with van der Waals surface area (Å²) in [6.07, 6.45) is -4.40. The van der Waals surface area contributed by atoms with Crippen LogP contribution in [0.1, 0.15) is 5.56 Å². The molecule has 2 aliphatic heterocycles. The van der Waals surface area contributed by atoms with E-state index < -0.39 is 26.2 Å². The molecule has 13 rings (SSSR count). The third-order valence-corrected chi connectivity index (χ3v) is 14.6. The molecule has 2 aliphatic rings. The van der Waals surface area contributed by atoms with E-state index in [0.29, 0.717) is 9.65 Å². The molecule has 0 N–H and O–H groups in total. The second kappa shape index (κ2) is 11.5. The Morgan fingerprint density at radius 3 is 1.64 bits per heavy atom. The fourth-order valence-corrected chi connectivity index (χ4v) is 12.3. The molecule has 0 fully saturated rings. The fourth-order valence-electron chi connectivity index (χ4n) is 9.73. The molecule has 0 saturated carbocycles. The van der Waals surface area contributed by atoms with E-state index in [1.54, 1.807) is 0 Å². The zero-order chi connectivity index (χ0) is 38.4. The van der Waals surface area contributed by atoms with Crippen LogP contribution < -0.4 is 25.9 Å². The number of benzene rings is 8. The summed E-state index contributed by atoms with van der Waals surface area (Å²) in [5.74, 6) is 3.23. The molecule has 3 aromatic heterocycles. The van der Waals surface area contributed by atoms with Gasteiger partial charge in [-0.1, -0.05) is 36.4 Å². The predicted molar refractivity (Wildman–Crippen MR) is 230 cm³/mol. The van der Waals surface area contributed by atoms with E-state index in [9.17, 15) is 13.2 Å². The minimum atomic E-state index is -4.40. The third kappa shape index (κ3) is 4.32. The summed E-state index contributed by atoms with van der Waals surface area (Å²) in [4.78, 5) is 0. The number of para-hydroxylation sites is 4. The van der Waals surface area contributed by atoms with Crippen LogP contribution in [0, 0.1) is 0 Å². The quantitative estimate of drug-likeness (QED) is 0.163. The van der Waals surface area contributed by atoms with E-state index in [0.717, 1.165) is 104 Å².